The van der Waals surface area contributed by atoms with Crippen molar-refractivity contribution in [2.24, 2.45) is 0 Å². The van der Waals surface area contributed by atoms with Gasteiger partial charge in [-0.1, -0.05) is 88.2 Å². The summed E-state index contributed by atoms with van der Waals surface area (Å²) in [5, 5.41) is 0. The molecule has 0 N–H and O–H groups in total. The van der Waals surface area contributed by atoms with Crippen molar-refractivity contribution in [2.75, 3.05) is 0 Å². The molecule has 1 unspecified atom stereocenters. The second-order valence-electron chi connectivity index (χ2n) is 10.7. The van der Waals surface area contributed by atoms with Crippen molar-refractivity contribution < 1.29 is 9.31 Å². The highest BCUT2D eigenvalue weighted by Gasteiger charge is 2.51. The third kappa shape index (κ3) is 4.61. The number of aryl methyl sites for hydroxylation is 1. The molecular weight excluding hydrogens is 391 g/mol. The molecule has 0 amide bonds. The van der Waals surface area contributed by atoms with Crippen LogP contribution in [0.25, 0.3) is 11.1 Å². The summed E-state index contributed by atoms with van der Waals surface area (Å²) >= 11 is 0. The molecule has 172 valence electrons. The van der Waals surface area contributed by atoms with Crippen LogP contribution in [0, 0.1) is 6.92 Å². The Labute approximate surface area is 196 Å². The molecule has 0 bridgehead atoms. The Morgan fingerprint density at radius 1 is 0.875 bits per heavy atom. The monoisotopic (exact) mass is 432 g/mol. The third-order valence-electron chi connectivity index (χ3n) is 7.02. The first-order valence-electron chi connectivity index (χ1n) is 12.3. The van der Waals surface area contributed by atoms with Crippen LogP contribution in [0.4, 0.5) is 0 Å². The van der Waals surface area contributed by atoms with Crippen molar-refractivity contribution in [3.63, 3.8) is 0 Å². The van der Waals surface area contributed by atoms with E-state index < -0.39 is 0 Å². The van der Waals surface area contributed by atoms with Crippen molar-refractivity contribution >= 4 is 12.6 Å². The normalized spacial score (nSPS) is 22.8. The predicted molar refractivity (Wildman–Crippen MR) is 139 cm³/mol. The van der Waals surface area contributed by atoms with Crippen molar-refractivity contribution in [3.05, 3.63) is 65.2 Å². The van der Waals surface area contributed by atoms with Gasteiger partial charge in [0.05, 0.1) is 11.2 Å². The Hall–Kier alpha value is -1.84. The summed E-state index contributed by atoms with van der Waals surface area (Å²) < 4.78 is 12.6. The van der Waals surface area contributed by atoms with E-state index in [0.29, 0.717) is 0 Å². The second kappa shape index (κ2) is 9.19. The first kappa shape index (κ1) is 24.8. The molecule has 4 rings (SSSR count). The minimum atomic E-state index is -0.328. The molecule has 3 heteroatoms. The van der Waals surface area contributed by atoms with Gasteiger partial charge in [-0.3, -0.25) is 0 Å². The third-order valence-corrected chi connectivity index (χ3v) is 7.02. The molecule has 2 aliphatic rings. The molecule has 1 atom stereocenters. The van der Waals surface area contributed by atoms with Crippen LogP contribution < -0.4 is 5.46 Å². The summed E-state index contributed by atoms with van der Waals surface area (Å²) in [6.07, 6.45) is 8.02. The summed E-state index contributed by atoms with van der Waals surface area (Å²) in [5.74, 6) is 0. The van der Waals surface area contributed by atoms with Gasteiger partial charge in [0.2, 0.25) is 0 Å². The maximum absolute atomic E-state index is 6.31. The molecule has 32 heavy (non-hydrogen) atoms. The number of fused-ring (bicyclic) bond motifs is 3. The maximum Gasteiger partial charge on any atom is 0.494 e. The molecule has 0 spiro atoms. The van der Waals surface area contributed by atoms with E-state index in [0.717, 1.165) is 18.3 Å². The topological polar surface area (TPSA) is 18.5 Å². The number of hydrogen-bond donors (Lipinski definition) is 0. The molecule has 2 aromatic carbocycles. The van der Waals surface area contributed by atoms with Gasteiger partial charge < -0.3 is 9.31 Å². The van der Waals surface area contributed by atoms with Crippen LogP contribution in [0.3, 0.4) is 0 Å². The van der Waals surface area contributed by atoms with Crippen molar-refractivity contribution in [1.82, 2.24) is 0 Å². The summed E-state index contributed by atoms with van der Waals surface area (Å²) in [5.41, 5.74) is 7.22. The summed E-state index contributed by atoms with van der Waals surface area (Å²) in [6, 6.07) is 13.6. The van der Waals surface area contributed by atoms with E-state index in [1.807, 2.05) is 0 Å². The maximum atomic E-state index is 6.31. The summed E-state index contributed by atoms with van der Waals surface area (Å²) in [4.78, 5) is 0. The largest absolute Gasteiger partial charge is 0.494 e. The number of rotatable bonds is 3. The Balaban J connectivity index is 0.000000913. The van der Waals surface area contributed by atoms with Crippen LogP contribution >= 0.6 is 0 Å². The first-order chi connectivity index (χ1) is 15.0. The molecule has 1 aliphatic carbocycles. The lowest BCUT2D eigenvalue weighted by atomic mass is 9.66. The first-order valence-corrected chi connectivity index (χ1v) is 12.3. The van der Waals surface area contributed by atoms with Crippen molar-refractivity contribution in [3.8, 4) is 11.1 Å². The van der Waals surface area contributed by atoms with Gasteiger partial charge in [0.25, 0.3) is 0 Å². The summed E-state index contributed by atoms with van der Waals surface area (Å²) in [6.45, 7) is 19.4. The Bertz CT molecular complexity index is 973. The Morgan fingerprint density at radius 2 is 1.50 bits per heavy atom. The quantitative estimate of drug-likeness (QED) is 0.379. The molecule has 1 fully saturated rings. The van der Waals surface area contributed by atoms with Gasteiger partial charge in [0, 0.05) is 5.41 Å². The zero-order valence-corrected chi connectivity index (χ0v) is 21.6. The van der Waals surface area contributed by atoms with Crippen molar-refractivity contribution in [2.45, 2.75) is 98.2 Å². The Kier molecular flexibility index (Phi) is 7.13. The van der Waals surface area contributed by atoms with Gasteiger partial charge in [-0.15, -0.1) is 0 Å². The second-order valence-corrected chi connectivity index (χ2v) is 10.7. The van der Waals surface area contributed by atoms with Crippen LogP contribution in [0.15, 0.2) is 48.6 Å². The molecular formula is C29H41BO2. The van der Waals surface area contributed by atoms with Crippen LogP contribution in [0.5, 0.6) is 0 Å². The minimum Gasteiger partial charge on any atom is -0.399 e. The Morgan fingerprint density at radius 3 is 2.09 bits per heavy atom. The highest BCUT2D eigenvalue weighted by Crippen LogP contribution is 2.44. The SMILES string of the molecule is CC/C=C\C1(C)Cc2ccc(B3OC(C)(C)C(C)(C)O3)cc2-c2cc(C)ccc21.CCC. The molecule has 1 aliphatic heterocycles. The van der Waals surface area contributed by atoms with Gasteiger partial charge in [0.15, 0.2) is 0 Å². The zero-order valence-electron chi connectivity index (χ0n) is 21.6. The molecule has 2 nitrogen and oxygen atoms in total. The molecule has 0 radical (unpaired) electrons. The van der Waals surface area contributed by atoms with E-state index in [1.54, 1.807) is 0 Å². The lowest BCUT2D eigenvalue weighted by Gasteiger charge is -2.35. The van der Waals surface area contributed by atoms with Gasteiger partial charge in [0.1, 0.15) is 0 Å². The van der Waals surface area contributed by atoms with E-state index in [2.05, 4.69) is 111 Å². The van der Waals surface area contributed by atoms with Gasteiger partial charge in [-0.25, -0.2) is 0 Å². The number of allylic oxidation sites excluding steroid dienone is 2. The zero-order chi connectivity index (χ0) is 23.7. The fraction of sp³-hybridized carbons (Fsp3) is 0.517. The van der Waals surface area contributed by atoms with Crippen LogP contribution in [-0.2, 0) is 21.1 Å². The molecule has 2 aromatic rings. The molecule has 0 saturated carbocycles. The lowest BCUT2D eigenvalue weighted by Crippen LogP contribution is -2.41. The van der Waals surface area contributed by atoms with Crippen LogP contribution in [-0.4, -0.2) is 18.3 Å². The average molecular weight is 432 g/mol. The van der Waals surface area contributed by atoms with E-state index in [9.17, 15) is 0 Å². The average Bonchev–Trinajstić information content (AvgIpc) is 2.94. The summed E-state index contributed by atoms with van der Waals surface area (Å²) in [7, 11) is -0.327. The minimum absolute atomic E-state index is 0.0257. The van der Waals surface area contributed by atoms with E-state index in [4.69, 9.17) is 9.31 Å². The fourth-order valence-electron chi connectivity index (χ4n) is 4.52. The highest BCUT2D eigenvalue weighted by atomic mass is 16.7. The van der Waals surface area contributed by atoms with Gasteiger partial charge >= 0.3 is 7.12 Å². The predicted octanol–water partition coefficient (Wildman–Crippen LogP) is 7.16. The van der Waals surface area contributed by atoms with E-state index in [-0.39, 0.29) is 23.7 Å². The standard InChI is InChI=1S/C26H33BO2.C3H8/c1-8-9-14-26(7)17-19-11-12-20(27-28-24(3,4)25(5,6)29-27)16-21(19)22-15-18(2)10-13-23(22)26;1-3-2/h9-16H,8,17H2,1-7H3;3H2,1-2H3/b14-9-;. The number of hydrogen-bond acceptors (Lipinski definition) is 2. The molecule has 0 aromatic heterocycles. The van der Waals surface area contributed by atoms with Gasteiger partial charge in [-0.2, -0.15) is 0 Å². The highest BCUT2D eigenvalue weighted by molar-refractivity contribution is 6.62. The van der Waals surface area contributed by atoms with Crippen LogP contribution in [0.1, 0.15) is 84.9 Å². The van der Waals surface area contributed by atoms with Crippen LogP contribution in [0.2, 0.25) is 0 Å². The van der Waals surface area contributed by atoms with E-state index in [1.165, 1.54) is 34.2 Å². The smallest absolute Gasteiger partial charge is 0.399 e. The fourth-order valence-corrected chi connectivity index (χ4v) is 4.52. The number of benzene rings is 2. The van der Waals surface area contributed by atoms with E-state index >= 15 is 0 Å². The molecule has 1 heterocycles. The lowest BCUT2D eigenvalue weighted by molar-refractivity contribution is 0.00578. The molecule has 1 saturated heterocycles. The van der Waals surface area contributed by atoms with Crippen molar-refractivity contribution in [1.29, 1.82) is 0 Å². The van der Waals surface area contributed by atoms with Gasteiger partial charge in [-0.05, 0) is 75.2 Å².